The highest BCUT2D eigenvalue weighted by atomic mass is 35.5. The molecule has 0 aromatic heterocycles. The summed E-state index contributed by atoms with van der Waals surface area (Å²) in [4.78, 5) is 14.0. The van der Waals surface area contributed by atoms with Gasteiger partial charge in [-0.15, -0.1) is 0 Å². The Kier molecular flexibility index (Phi) is 7.07. The number of fused-ring (bicyclic) bond motifs is 1. The van der Waals surface area contributed by atoms with Gasteiger partial charge in [-0.25, -0.2) is 0 Å². The van der Waals surface area contributed by atoms with Gasteiger partial charge in [0.2, 0.25) is 5.91 Å². The molecule has 1 saturated heterocycles. The van der Waals surface area contributed by atoms with E-state index in [1.54, 1.807) is 21.1 Å². The average molecular weight is 411 g/mol. The van der Waals surface area contributed by atoms with E-state index in [0.29, 0.717) is 29.2 Å². The second-order valence-electron chi connectivity index (χ2n) is 7.79. The quantitative estimate of drug-likeness (QED) is 0.748. The molecule has 1 N–H and O–H groups in total. The zero-order chi connectivity index (χ0) is 20.3. The smallest absolute Gasteiger partial charge is 0.217 e. The van der Waals surface area contributed by atoms with Crippen LogP contribution >= 0.6 is 11.6 Å². The number of carbonyl (C=O) groups is 1. The van der Waals surface area contributed by atoms with Crippen molar-refractivity contribution >= 4 is 17.5 Å². The molecule has 7 heteroatoms. The van der Waals surface area contributed by atoms with Crippen LogP contribution < -0.4 is 14.8 Å². The van der Waals surface area contributed by atoms with E-state index >= 15 is 0 Å². The van der Waals surface area contributed by atoms with Crippen molar-refractivity contribution in [1.29, 1.82) is 0 Å². The monoisotopic (exact) mass is 410 g/mol. The summed E-state index contributed by atoms with van der Waals surface area (Å²) in [6.45, 7) is 6.90. The molecule has 6 nitrogen and oxygen atoms in total. The Hall–Kier alpha value is -1.50. The van der Waals surface area contributed by atoms with Gasteiger partial charge in [-0.05, 0) is 43.2 Å². The number of likely N-dealkylation sites (tertiary alicyclic amines) is 1. The van der Waals surface area contributed by atoms with E-state index in [9.17, 15) is 4.79 Å². The Morgan fingerprint density at radius 3 is 2.54 bits per heavy atom. The van der Waals surface area contributed by atoms with Gasteiger partial charge in [0.25, 0.3) is 0 Å². The van der Waals surface area contributed by atoms with Crippen molar-refractivity contribution in [2.45, 2.75) is 45.4 Å². The predicted molar refractivity (Wildman–Crippen MR) is 109 cm³/mol. The maximum Gasteiger partial charge on any atom is 0.217 e. The average Bonchev–Trinajstić information content (AvgIpc) is 3.04. The number of hydrogen-bond acceptors (Lipinski definition) is 5. The van der Waals surface area contributed by atoms with Gasteiger partial charge >= 0.3 is 0 Å². The molecule has 28 heavy (non-hydrogen) atoms. The Balaban J connectivity index is 1.69. The Labute approximate surface area is 172 Å². The van der Waals surface area contributed by atoms with Gasteiger partial charge in [0, 0.05) is 44.8 Å². The first-order valence-electron chi connectivity index (χ1n) is 9.96. The minimum Gasteiger partial charge on any atom is -0.493 e. The molecule has 2 fully saturated rings. The van der Waals surface area contributed by atoms with Crippen molar-refractivity contribution < 1.29 is 19.0 Å². The normalized spacial score (nSPS) is 27.3. The molecule has 156 valence electrons. The third-order valence-electron chi connectivity index (χ3n) is 5.91. The summed E-state index contributed by atoms with van der Waals surface area (Å²) in [6, 6.07) is 3.92. The maximum absolute atomic E-state index is 11.5. The number of rotatable bonds is 7. The lowest BCUT2D eigenvalue weighted by molar-refractivity contribution is -0.121. The number of nitrogens with one attached hydrogen (secondary N) is 1. The van der Waals surface area contributed by atoms with Gasteiger partial charge < -0.3 is 19.5 Å². The molecule has 0 radical (unpaired) electrons. The van der Waals surface area contributed by atoms with Crippen LogP contribution in [0.4, 0.5) is 0 Å². The summed E-state index contributed by atoms with van der Waals surface area (Å²) in [5.41, 5.74) is 1.05. The van der Waals surface area contributed by atoms with Crippen LogP contribution in [0.3, 0.4) is 0 Å². The number of ether oxygens (including phenoxy) is 3. The summed E-state index contributed by atoms with van der Waals surface area (Å²) in [5, 5.41) is 3.76. The Morgan fingerprint density at radius 2 is 1.93 bits per heavy atom. The summed E-state index contributed by atoms with van der Waals surface area (Å²) in [7, 11) is 3.36. The first kappa shape index (κ1) is 21.2. The molecule has 0 unspecified atom stereocenters. The van der Waals surface area contributed by atoms with Crippen molar-refractivity contribution in [2.75, 3.05) is 33.9 Å². The number of methoxy groups -OCH3 is 2. The lowest BCUT2D eigenvalue weighted by atomic mass is 9.77. The predicted octanol–water partition coefficient (Wildman–Crippen LogP) is 3.11. The maximum atomic E-state index is 11.5. The molecule has 1 aliphatic carbocycles. The standard InChI is InChI=1S/C21H31ClN2O4/c1-5-28-21-8-16(17(22)9-20(21)27-4)12-24-10-14-6-18(23-13(2)25)19(26-3)7-15(14)11-24/h8-9,14-15,18-19H,5-7,10-12H2,1-4H3,(H,23,25)/t14-,15+,18-,19-/m1/s1. The summed E-state index contributed by atoms with van der Waals surface area (Å²) in [5.74, 6) is 2.54. The molecule has 0 bridgehead atoms. The van der Waals surface area contributed by atoms with Gasteiger partial charge in [0.1, 0.15) is 0 Å². The lowest BCUT2D eigenvalue weighted by Gasteiger charge is -2.37. The fourth-order valence-corrected chi connectivity index (χ4v) is 4.89. The molecule has 0 spiro atoms. The third kappa shape index (κ3) is 4.73. The lowest BCUT2D eigenvalue weighted by Crippen LogP contribution is -2.49. The first-order chi connectivity index (χ1) is 13.4. The van der Waals surface area contributed by atoms with Gasteiger partial charge in [-0.2, -0.15) is 0 Å². The van der Waals surface area contributed by atoms with E-state index in [0.717, 1.165) is 43.8 Å². The van der Waals surface area contributed by atoms with E-state index in [-0.39, 0.29) is 18.1 Å². The van der Waals surface area contributed by atoms with E-state index in [2.05, 4.69) is 10.2 Å². The third-order valence-corrected chi connectivity index (χ3v) is 6.26. The molecule has 4 atom stereocenters. The number of halogens is 1. The van der Waals surface area contributed by atoms with Crippen molar-refractivity contribution in [1.82, 2.24) is 10.2 Å². The minimum atomic E-state index is 0.00817. The number of hydrogen-bond donors (Lipinski definition) is 1. The number of benzene rings is 1. The second kappa shape index (κ2) is 9.33. The fraction of sp³-hybridized carbons (Fsp3) is 0.667. The van der Waals surface area contributed by atoms with Crippen LogP contribution in [0, 0.1) is 11.8 Å². The van der Waals surface area contributed by atoms with E-state index in [4.69, 9.17) is 25.8 Å². The van der Waals surface area contributed by atoms with Crippen LogP contribution in [0.5, 0.6) is 11.5 Å². The zero-order valence-electron chi connectivity index (χ0n) is 17.2. The summed E-state index contributed by atoms with van der Waals surface area (Å²) in [6.07, 6.45) is 2.02. The molecule has 3 rings (SSSR count). The van der Waals surface area contributed by atoms with Crippen LogP contribution in [0.2, 0.25) is 5.02 Å². The molecule has 1 amide bonds. The highest BCUT2D eigenvalue weighted by molar-refractivity contribution is 6.31. The fourth-order valence-electron chi connectivity index (χ4n) is 4.68. The SMILES string of the molecule is CCOc1cc(CN2C[C@H]3C[C@@H](NC(C)=O)[C@H](OC)C[C@H]3C2)c(Cl)cc1OC. The molecule has 1 heterocycles. The van der Waals surface area contributed by atoms with Gasteiger partial charge in [0.15, 0.2) is 11.5 Å². The Bertz CT molecular complexity index is 699. The van der Waals surface area contributed by atoms with Crippen LogP contribution in [-0.4, -0.2) is 56.9 Å². The van der Waals surface area contributed by atoms with Gasteiger partial charge in [0.05, 0.1) is 25.9 Å². The topological polar surface area (TPSA) is 60.0 Å². The number of carbonyl (C=O) groups excluding carboxylic acids is 1. The Morgan fingerprint density at radius 1 is 1.21 bits per heavy atom. The molecule has 1 aliphatic heterocycles. The summed E-state index contributed by atoms with van der Waals surface area (Å²) < 4.78 is 16.7. The molecular formula is C21H31ClN2O4. The van der Waals surface area contributed by atoms with E-state index < -0.39 is 0 Å². The van der Waals surface area contributed by atoms with E-state index in [1.807, 2.05) is 19.1 Å². The molecule has 2 aliphatic rings. The minimum absolute atomic E-state index is 0.00817. The van der Waals surface area contributed by atoms with Crippen molar-refractivity contribution in [2.24, 2.45) is 11.8 Å². The highest BCUT2D eigenvalue weighted by Gasteiger charge is 2.42. The van der Waals surface area contributed by atoms with Crippen molar-refractivity contribution in [3.63, 3.8) is 0 Å². The van der Waals surface area contributed by atoms with Crippen LogP contribution in [0.15, 0.2) is 12.1 Å². The van der Waals surface area contributed by atoms with Gasteiger partial charge in [-0.3, -0.25) is 9.69 Å². The van der Waals surface area contributed by atoms with Crippen LogP contribution in [-0.2, 0) is 16.1 Å². The van der Waals surface area contributed by atoms with Crippen molar-refractivity contribution in [3.05, 3.63) is 22.7 Å². The first-order valence-corrected chi connectivity index (χ1v) is 10.3. The highest BCUT2D eigenvalue weighted by Crippen LogP contribution is 2.39. The van der Waals surface area contributed by atoms with Gasteiger partial charge in [-0.1, -0.05) is 11.6 Å². The zero-order valence-corrected chi connectivity index (χ0v) is 17.9. The number of nitrogens with zero attached hydrogens (tertiary/aromatic N) is 1. The molecular weight excluding hydrogens is 380 g/mol. The van der Waals surface area contributed by atoms with Crippen LogP contribution in [0.1, 0.15) is 32.3 Å². The number of amides is 1. The molecule has 1 saturated carbocycles. The molecule has 1 aromatic rings. The molecule has 1 aromatic carbocycles. The van der Waals surface area contributed by atoms with E-state index in [1.165, 1.54) is 0 Å². The summed E-state index contributed by atoms with van der Waals surface area (Å²) >= 11 is 6.51. The largest absolute Gasteiger partial charge is 0.493 e. The van der Waals surface area contributed by atoms with Crippen molar-refractivity contribution in [3.8, 4) is 11.5 Å². The van der Waals surface area contributed by atoms with Crippen LogP contribution in [0.25, 0.3) is 0 Å². The second-order valence-corrected chi connectivity index (χ2v) is 8.20.